The van der Waals surface area contributed by atoms with Crippen LogP contribution in [0.5, 0.6) is 0 Å². The Hall–Kier alpha value is -0.840. The van der Waals surface area contributed by atoms with Crippen molar-refractivity contribution in [3.05, 3.63) is 51.1 Å². The number of hydrogen-bond acceptors (Lipinski definition) is 3. The quantitative estimate of drug-likeness (QED) is 0.785. The normalized spacial score (nSPS) is 14.7. The Morgan fingerprint density at radius 3 is 2.80 bits per heavy atom. The molecule has 1 aliphatic carbocycles. The summed E-state index contributed by atoms with van der Waals surface area (Å²) in [5.41, 5.74) is 2.63. The highest BCUT2D eigenvalue weighted by atomic mass is 79.9. The Morgan fingerprint density at radius 1 is 1.25 bits per heavy atom. The van der Waals surface area contributed by atoms with Crippen LogP contribution in [0.15, 0.2) is 45.6 Å². The van der Waals surface area contributed by atoms with Gasteiger partial charge < -0.3 is 5.32 Å². The van der Waals surface area contributed by atoms with Crippen LogP contribution in [0.3, 0.4) is 0 Å². The van der Waals surface area contributed by atoms with Gasteiger partial charge in [-0.05, 0) is 63.3 Å². The van der Waals surface area contributed by atoms with Gasteiger partial charge in [0.2, 0.25) is 0 Å². The van der Waals surface area contributed by atoms with Crippen molar-refractivity contribution in [3.8, 4) is 0 Å². The topological polar surface area (TPSA) is 15.3 Å². The van der Waals surface area contributed by atoms with E-state index in [0.717, 1.165) is 30.1 Å². The number of hydrogen-bond donors (Lipinski definition) is 1. The molecule has 0 amide bonds. The summed E-state index contributed by atoms with van der Waals surface area (Å²) >= 11 is 5.37. The third kappa shape index (κ3) is 3.84. The van der Waals surface area contributed by atoms with E-state index < -0.39 is 0 Å². The maximum absolute atomic E-state index is 3.58. The van der Waals surface area contributed by atoms with Gasteiger partial charge in [-0.1, -0.05) is 12.1 Å². The minimum Gasteiger partial charge on any atom is -0.383 e. The van der Waals surface area contributed by atoms with Gasteiger partial charge in [-0.3, -0.25) is 4.90 Å². The molecule has 20 heavy (non-hydrogen) atoms. The molecule has 106 valence electrons. The number of nitrogens with one attached hydrogen (secondary N) is 1. The highest BCUT2D eigenvalue weighted by molar-refractivity contribution is 9.10. The van der Waals surface area contributed by atoms with Crippen LogP contribution in [0.25, 0.3) is 0 Å². The van der Waals surface area contributed by atoms with Crippen molar-refractivity contribution in [1.82, 2.24) is 4.90 Å². The van der Waals surface area contributed by atoms with Crippen molar-refractivity contribution < 1.29 is 0 Å². The van der Waals surface area contributed by atoms with E-state index in [1.54, 1.807) is 11.3 Å². The van der Waals surface area contributed by atoms with Crippen LogP contribution in [0.1, 0.15) is 18.4 Å². The molecule has 2 aromatic rings. The van der Waals surface area contributed by atoms with Gasteiger partial charge in [-0.25, -0.2) is 0 Å². The lowest BCUT2D eigenvalue weighted by molar-refractivity contribution is 0.265. The lowest BCUT2D eigenvalue weighted by atomic mass is 10.3. The van der Waals surface area contributed by atoms with Gasteiger partial charge in [0, 0.05) is 35.8 Å². The molecular formula is C16H19BrN2S. The molecule has 2 nitrogen and oxygen atoms in total. The predicted molar refractivity (Wildman–Crippen MR) is 90.4 cm³/mol. The van der Waals surface area contributed by atoms with Crippen LogP contribution in [0.4, 0.5) is 5.69 Å². The van der Waals surface area contributed by atoms with E-state index >= 15 is 0 Å². The zero-order chi connectivity index (χ0) is 13.8. The summed E-state index contributed by atoms with van der Waals surface area (Å²) in [5.74, 6) is 0. The highest BCUT2D eigenvalue weighted by Gasteiger charge is 2.28. The number of benzene rings is 1. The molecule has 0 radical (unpaired) electrons. The Kier molecular flexibility index (Phi) is 4.76. The van der Waals surface area contributed by atoms with Crippen LogP contribution >= 0.6 is 27.3 Å². The Bertz CT molecular complexity index is 537. The second-order valence-electron chi connectivity index (χ2n) is 5.24. The van der Waals surface area contributed by atoms with Crippen molar-refractivity contribution in [2.75, 3.05) is 18.4 Å². The molecule has 1 aromatic carbocycles. The first-order valence-electron chi connectivity index (χ1n) is 7.06. The number of thiophene rings is 1. The van der Waals surface area contributed by atoms with E-state index in [2.05, 4.69) is 61.2 Å². The van der Waals surface area contributed by atoms with E-state index in [4.69, 9.17) is 0 Å². The zero-order valence-corrected chi connectivity index (χ0v) is 13.8. The first-order chi connectivity index (χ1) is 9.83. The van der Waals surface area contributed by atoms with Crippen LogP contribution in [-0.2, 0) is 6.54 Å². The van der Waals surface area contributed by atoms with Crippen molar-refractivity contribution in [2.24, 2.45) is 0 Å². The van der Waals surface area contributed by atoms with Gasteiger partial charge in [0.15, 0.2) is 0 Å². The van der Waals surface area contributed by atoms with Crippen molar-refractivity contribution in [1.29, 1.82) is 0 Å². The Balaban J connectivity index is 1.51. The first-order valence-corrected chi connectivity index (χ1v) is 8.80. The average molecular weight is 351 g/mol. The minimum absolute atomic E-state index is 0.802. The average Bonchev–Trinajstić information content (AvgIpc) is 3.18. The second kappa shape index (κ2) is 6.74. The summed E-state index contributed by atoms with van der Waals surface area (Å²) in [4.78, 5) is 2.60. The summed E-state index contributed by atoms with van der Waals surface area (Å²) in [5, 5.41) is 7.95. The van der Waals surface area contributed by atoms with E-state index in [1.807, 2.05) is 6.07 Å². The number of para-hydroxylation sites is 1. The molecular weight excluding hydrogens is 332 g/mol. The van der Waals surface area contributed by atoms with Gasteiger partial charge in [0.05, 0.1) is 0 Å². The monoisotopic (exact) mass is 350 g/mol. The Morgan fingerprint density at radius 2 is 2.10 bits per heavy atom. The van der Waals surface area contributed by atoms with E-state index in [-0.39, 0.29) is 0 Å². The smallest absolute Gasteiger partial charge is 0.0485 e. The SMILES string of the molecule is Brc1ccccc1NCCN(Cc1ccsc1)C1CC1. The fourth-order valence-corrected chi connectivity index (χ4v) is 3.47. The molecule has 0 saturated heterocycles. The molecule has 1 fully saturated rings. The van der Waals surface area contributed by atoms with Gasteiger partial charge in [-0.2, -0.15) is 11.3 Å². The van der Waals surface area contributed by atoms with Crippen molar-refractivity contribution in [2.45, 2.75) is 25.4 Å². The van der Waals surface area contributed by atoms with E-state index in [1.165, 1.54) is 24.1 Å². The molecule has 1 aliphatic rings. The number of halogens is 1. The van der Waals surface area contributed by atoms with Gasteiger partial charge in [0.25, 0.3) is 0 Å². The third-order valence-electron chi connectivity index (χ3n) is 3.62. The number of nitrogens with zero attached hydrogens (tertiary/aromatic N) is 1. The summed E-state index contributed by atoms with van der Waals surface area (Å²) in [6, 6.07) is 11.3. The minimum atomic E-state index is 0.802. The molecule has 0 bridgehead atoms. The molecule has 4 heteroatoms. The summed E-state index contributed by atoms with van der Waals surface area (Å²) < 4.78 is 1.14. The Labute approximate surface area is 132 Å². The fourth-order valence-electron chi connectivity index (χ4n) is 2.39. The molecule has 1 aromatic heterocycles. The van der Waals surface area contributed by atoms with Crippen molar-refractivity contribution >= 4 is 33.0 Å². The standard InChI is InChI=1S/C16H19BrN2S/c17-15-3-1-2-4-16(15)18-8-9-19(14-5-6-14)11-13-7-10-20-12-13/h1-4,7,10,12,14,18H,5-6,8-9,11H2. The van der Waals surface area contributed by atoms with Crippen LogP contribution in [0, 0.1) is 0 Å². The molecule has 0 aliphatic heterocycles. The largest absolute Gasteiger partial charge is 0.383 e. The van der Waals surface area contributed by atoms with E-state index in [0.29, 0.717) is 0 Å². The van der Waals surface area contributed by atoms with Gasteiger partial charge in [-0.15, -0.1) is 0 Å². The fraction of sp³-hybridized carbons (Fsp3) is 0.375. The van der Waals surface area contributed by atoms with E-state index in [9.17, 15) is 0 Å². The molecule has 1 saturated carbocycles. The zero-order valence-electron chi connectivity index (χ0n) is 11.4. The third-order valence-corrected chi connectivity index (χ3v) is 5.04. The summed E-state index contributed by atoms with van der Waals surface area (Å²) in [7, 11) is 0. The lowest BCUT2D eigenvalue weighted by Crippen LogP contribution is -2.30. The summed E-state index contributed by atoms with van der Waals surface area (Å²) in [6.07, 6.45) is 2.72. The number of rotatable bonds is 7. The van der Waals surface area contributed by atoms with Gasteiger partial charge in [0.1, 0.15) is 0 Å². The molecule has 0 unspecified atom stereocenters. The molecule has 1 N–H and O–H groups in total. The molecule has 0 spiro atoms. The lowest BCUT2D eigenvalue weighted by Gasteiger charge is -2.22. The molecule has 3 rings (SSSR count). The maximum Gasteiger partial charge on any atom is 0.0485 e. The van der Waals surface area contributed by atoms with Crippen molar-refractivity contribution in [3.63, 3.8) is 0 Å². The highest BCUT2D eigenvalue weighted by Crippen LogP contribution is 2.28. The van der Waals surface area contributed by atoms with Crippen LogP contribution < -0.4 is 5.32 Å². The van der Waals surface area contributed by atoms with Crippen LogP contribution in [0.2, 0.25) is 0 Å². The summed E-state index contributed by atoms with van der Waals surface area (Å²) in [6.45, 7) is 3.18. The number of anilines is 1. The maximum atomic E-state index is 3.58. The van der Waals surface area contributed by atoms with Gasteiger partial charge >= 0.3 is 0 Å². The predicted octanol–water partition coefficient (Wildman–Crippen LogP) is 4.59. The molecule has 0 atom stereocenters. The second-order valence-corrected chi connectivity index (χ2v) is 6.87. The first kappa shape index (κ1) is 14.1. The molecule has 1 heterocycles. The van der Waals surface area contributed by atoms with Crippen LogP contribution in [-0.4, -0.2) is 24.0 Å².